The van der Waals surface area contributed by atoms with E-state index in [1.54, 1.807) is 0 Å². The second-order valence-electron chi connectivity index (χ2n) is 5.64. The van der Waals surface area contributed by atoms with Gasteiger partial charge in [-0.3, -0.25) is 0 Å². The van der Waals surface area contributed by atoms with Gasteiger partial charge in [-0.2, -0.15) is 47.9 Å². The van der Waals surface area contributed by atoms with Crippen molar-refractivity contribution in [1.82, 2.24) is 0 Å². The van der Waals surface area contributed by atoms with Gasteiger partial charge >= 0.3 is 33.4 Å². The summed E-state index contributed by atoms with van der Waals surface area (Å²) < 4.78 is 151. The van der Waals surface area contributed by atoms with E-state index in [0.29, 0.717) is 0 Å². The molecule has 2 rings (SSSR count). The number of ether oxygens (including phenoxy) is 2. The van der Waals surface area contributed by atoms with Crippen LogP contribution in [0.3, 0.4) is 0 Å². The molecule has 2 aliphatic rings. The summed E-state index contributed by atoms with van der Waals surface area (Å²) in [6, 6.07) is 0. The second kappa shape index (κ2) is 6.06. The van der Waals surface area contributed by atoms with Gasteiger partial charge in [0.15, 0.2) is 0 Å². The van der Waals surface area contributed by atoms with Crippen molar-refractivity contribution in [1.29, 1.82) is 0 Å². The molecule has 2 saturated heterocycles. The Bertz CT molecular complexity index is 694. The molecular formula is C10H9F9O7S. The number of hydrogen-bond donors (Lipinski definition) is 2. The molecular weight excluding hydrogens is 435 g/mol. The van der Waals surface area contributed by atoms with Crippen LogP contribution in [0.15, 0.2) is 0 Å². The van der Waals surface area contributed by atoms with Crippen molar-refractivity contribution in [2.75, 3.05) is 13.2 Å². The summed E-state index contributed by atoms with van der Waals surface area (Å²) in [5, 5.41) is 12.1. The Labute approximate surface area is 143 Å². The largest absolute Gasteiger partial charge is 0.460 e. The van der Waals surface area contributed by atoms with E-state index in [9.17, 15) is 58.1 Å². The number of aliphatic hydroxyl groups excluding tert-OH is 1. The Kier molecular flexibility index (Phi) is 5.03. The molecule has 0 unspecified atom stereocenters. The highest BCUT2D eigenvalue weighted by atomic mass is 32.2. The second-order valence-corrected chi connectivity index (χ2v) is 7.23. The summed E-state index contributed by atoms with van der Waals surface area (Å²) in [5.74, 6) is -18.5. The van der Waals surface area contributed by atoms with Crippen molar-refractivity contribution in [3.63, 3.8) is 0 Å². The van der Waals surface area contributed by atoms with Crippen LogP contribution in [0.1, 0.15) is 0 Å². The summed E-state index contributed by atoms with van der Waals surface area (Å²) in [6.07, 6.45) is -12.4. The van der Waals surface area contributed by atoms with Crippen LogP contribution in [-0.4, -0.2) is 79.2 Å². The minimum absolute atomic E-state index is 0.639. The molecule has 7 nitrogen and oxygen atoms in total. The summed E-state index contributed by atoms with van der Waals surface area (Å²) in [6.45, 7) is -2.00. The molecule has 0 aromatic carbocycles. The third kappa shape index (κ3) is 3.07. The molecule has 0 aromatic rings. The first-order valence-corrected chi connectivity index (χ1v) is 8.02. The molecule has 0 bridgehead atoms. The number of halogens is 9. The van der Waals surface area contributed by atoms with E-state index >= 15 is 0 Å². The quantitative estimate of drug-likeness (QED) is 0.364. The molecule has 0 aromatic heterocycles. The maximum absolute atomic E-state index is 13.6. The van der Waals surface area contributed by atoms with Crippen LogP contribution in [0.2, 0.25) is 0 Å². The van der Waals surface area contributed by atoms with Gasteiger partial charge in [0.1, 0.15) is 24.9 Å². The fourth-order valence-electron chi connectivity index (χ4n) is 2.31. The zero-order valence-corrected chi connectivity index (χ0v) is 13.2. The van der Waals surface area contributed by atoms with Crippen LogP contribution in [-0.2, 0) is 23.8 Å². The molecule has 2 aliphatic heterocycles. The fraction of sp³-hybridized carbons (Fsp3) is 1.00. The van der Waals surface area contributed by atoms with E-state index < -0.39 is 70.7 Å². The normalized spacial score (nSPS) is 33.4. The lowest BCUT2D eigenvalue weighted by Gasteiger charge is -2.34. The first-order valence-electron chi connectivity index (χ1n) is 6.61. The first kappa shape index (κ1) is 22.4. The van der Waals surface area contributed by atoms with Crippen molar-refractivity contribution in [2.45, 2.75) is 47.4 Å². The molecule has 2 heterocycles. The Hall–Kier alpha value is -0.880. The van der Waals surface area contributed by atoms with Crippen LogP contribution in [0, 0.1) is 0 Å². The number of aliphatic hydroxyl groups is 2. The Morgan fingerprint density at radius 1 is 0.963 bits per heavy atom. The predicted molar refractivity (Wildman–Crippen MR) is 61.3 cm³/mol. The van der Waals surface area contributed by atoms with E-state index in [2.05, 4.69) is 13.7 Å². The third-order valence-electron chi connectivity index (χ3n) is 3.74. The molecule has 160 valence electrons. The summed E-state index contributed by atoms with van der Waals surface area (Å²) in [5.41, 5.74) is 0. The van der Waals surface area contributed by atoms with Crippen LogP contribution in [0.25, 0.3) is 0 Å². The van der Waals surface area contributed by atoms with Gasteiger partial charge < -0.3 is 19.7 Å². The van der Waals surface area contributed by atoms with Crippen molar-refractivity contribution in [3.05, 3.63) is 0 Å². The van der Waals surface area contributed by atoms with Gasteiger partial charge in [-0.25, -0.2) is 4.18 Å². The maximum Gasteiger partial charge on any atom is 0.460 e. The highest BCUT2D eigenvalue weighted by molar-refractivity contribution is 7.87. The lowest BCUT2D eigenvalue weighted by molar-refractivity contribution is -0.383. The Morgan fingerprint density at radius 2 is 1.48 bits per heavy atom. The molecule has 2 fully saturated rings. The van der Waals surface area contributed by atoms with Crippen LogP contribution < -0.4 is 0 Å². The van der Waals surface area contributed by atoms with E-state index in [-0.39, 0.29) is 0 Å². The lowest BCUT2D eigenvalue weighted by atomic mass is 10.1. The van der Waals surface area contributed by atoms with Gasteiger partial charge in [0.2, 0.25) is 5.79 Å². The summed E-state index contributed by atoms with van der Waals surface area (Å²) in [7, 11) is -7.31. The standard InChI is InChI=1S/C10H9F9O7S/c11-7(12,9(15,16)17)8(13,14)10(18,19)27(22,23)26-6(21)2-25-4-3(20)1-24-5(4)6/h3-5,20-21H,1-2H2/t3-,4+,5-,6+/m0/s1. The molecule has 17 heteroatoms. The first-order chi connectivity index (χ1) is 11.8. The van der Waals surface area contributed by atoms with Crippen LogP contribution in [0.5, 0.6) is 0 Å². The third-order valence-corrected chi connectivity index (χ3v) is 5.13. The molecule has 0 radical (unpaired) electrons. The fourth-order valence-corrected chi connectivity index (χ4v) is 3.38. The topological polar surface area (TPSA) is 102 Å². The van der Waals surface area contributed by atoms with Crippen molar-refractivity contribution >= 4 is 10.1 Å². The van der Waals surface area contributed by atoms with Crippen molar-refractivity contribution in [3.8, 4) is 0 Å². The monoisotopic (exact) mass is 444 g/mol. The van der Waals surface area contributed by atoms with Crippen molar-refractivity contribution < 1.29 is 71.8 Å². The van der Waals surface area contributed by atoms with Crippen molar-refractivity contribution in [2.24, 2.45) is 0 Å². The van der Waals surface area contributed by atoms with E-state index in [1.807, 2.05) is 0 Å². The van der Waals surface area contributed by atoms with Gasteiger partial charge in [0.05, 0.1) is 6.61 Å². The Balaban J connectivity index is 2.37. The highest BCUT2D eigenvalue weighted by Gasteiger charge is 2.86. The molecule has 27 heavy (non-hydrogen) atoms. The molecule has 0 amide bonds. The average molecular weight is 444 g/mol. The maximum atomic E-state index is 13.6. The minimum Gasteiger partial charge on any atom is -0.388 e. The zero-order chi connectivity index (χ0) is 21.3. The van der Waals surface area contributed by atoms with E-state index in [1.165, 1.54) is 0 Å². The van der Waals surface area contributed by atoms with Gasteiger partial charge in [0, 0.05) is 0 Å². The van der Waals surface area contributed by atoms with Gasteiger partial charge in [0.25, 0.3) is 0 Å². The predicted octanol–water partition coefficient (Wildman–Crippen LogP) is 0.606. The van der Waals surface area contributed by atoms with Crippen LogP contribution >= 0.6 is 0 Å². The zero-order valence-electron chi connectivity index (χ0n) is 12.4. The summed E-state index contributed by atoms with van der Waals surface area (Å²) >= 11 is 0. The summed E-state index contributed by atoms with van der Waals surface area (Å²) in [4.78, 5) is 0. The number of alkyl halides is 9. The number of rotatable bonds is 5. The molecule has 0 saturated carbocycles. The molecule has 2 N–H and O–H groups in total. The smallest absolute Gasteiger partial charge is 0.388 e. The molecule has 0 spiro atoms. The van der Waals surface area contributed by atoms with Gasteiger partial charge in [-0.15, -0.1) is 0 Å². The highest BCUT2D eigenvalue weighted by Crippen LogP contribution is 2.55. The average Bonchev–Trinajstić information content (AvgIpc) is 2.99. The van der Waals surface area contributed by atoms with E-state index in [4.69, 9.17) is 0 Å². The lowest BCUT2D eigenvalue weighted by Crippen LogP contribution is -2.64. The molecule has 0 aliphatic carbocycles. The van der Waals surface area contributed by atoms with E-state index in [0.717, 1.165) is 0 Å². The number of fused-ring (bicyclic) bond motifs is 1. The van der Waals surface area contributed by atoms with Crippen LogP contribution in [0.4, 0.5) is 39.5 Å². The van der Waals surface area contributed by atoms with Gasteiger partial charge in [-0.05, 0) is 0 Å². The SMILES string of the molecule is O=S(=O)(O[C@]1(O)CO[C@@H]2[C@@H](O)CO[C@@H]21)C(F)(F)C(F)(F)C(F)(F)C(F)(F)F. The molecule has 4 atom stereocenters. The number of hydrogen-bond acceptors (Lipinski definition) is 7. The van der Waals surface area contributed by atoms with Gasteiger partial charge in [-0.1, -0.05) is 0 Å². The Morgan fingerprint density at radius 3 is 1.96 bits per heavy atom. The minimum atomic E-state index is -7.51.